The average molecular weight is 596 g/mol. The van der Waals surface area contributed by atoms with Crippen molar-refractivity contribution in [2.45, 2.75) is 45.6 Å². The van der Waals surface area contributed by atoms with Gasteiger partial charge in [-0.2, -0.15) is 0 Å². The van der Waals surface area contributed by atoms with Gasteiger partial charge < -0.3 is 4.57 Å². The second kappa shape index (κ2) is 11.1. The molecule has 1 saturated carbocycles. The number of hydrazine groups is 1. The zero-order valence-corrected chi connectivity index (χ0v) is 25.2. The molecule has 222 valence electrons. The molecule has 6 rings (SSSR count). The Morgan fingerprint density at radius 3 is 2.52 bits per heavy atom. The number of halogens is 2. The fourth-order valence-corrected chi connectivity index (χ4v) is 7.23. The summed E-state index contributed by atoms with van der Waals surface area (Å²) in [6.07, 6.45) is 8.02. The summed E-state index contributed by atoms with van der Waals surface area (Å²) in [6, 6.07) is 8.89. The number of pyridine rings is 1. The number of benzene rings is 1. The topological polar surface area (TPSA) is 97.2 Å². The maximum absolute atomic E-state index is 14.6. The number of sulfone groups is 1. The third kappa shape index (κ3) is 4.93. The Bertz CT molecular complexity index is 1750. The van der Waals surface area contributed by atoms with Gasteiger partial charge in [0.2, 0.25) is 0 Å². The third-order valence-corrected chi connectivity index (χ3v) is 9.48. The van der Waals surface area contributed by atoms with Crippen LogP contribution in [0.2, 0.25) is 0 Å². The molecule has 0 amide bonds. The molecule has 3 atom stereocenters. The number of nitrogens with zero attached hydrogens (tertiary/aromatic N) is 4. The monoisotopic (exact) mass is 595 g/mol. The number of nitrogens with one attached hydrogen (secondary N) is 1. The van der Waals surface area contributed by atoms with Crippen molar-refractivity contribution in [3.05, 3.63) is 99.4 Å². The van der Waals surface area contributed by atoms with E-state index >= 15 is 0 Å². The van der Waals surface area contributed by atoms with Crippen molar-refractivity contribution in [2.24, 2.45) is 11.8 Å². The van der Waals surface area contributed by atoms with Crippen molar-refractivity contribution in [1.82, 2.24) is 25.0 Å². The molecule has 0 saturated heterocycles. The second-order valence-corrected chi connectivity index (χ2v) is 13.1. The highest BCUT2D eigenvalue weighted by atomic mass is 32.2. The lowest BCUT2D eigenvalue weighted by Crippen LogP contribution is -2.45. The van der Waals surface area contributed by atoms with Gasteiger partial charge in [-0.05, 0) is 60.6 Å². The Balaban J connectivity index is 0.00000173. The first-order valence-corrected chi connectivity index (χ1v) is 16.2. The summed E-state index contributed by atoms with van der Waals surface area (Å²) in [5.74, 6) is -0.601. The summed E-state index contributed by atoms with van der Waals surface area (Å²) < 4.78 is 53.7. The number of rotatable bonds is 6. The van der Waals surface area contributed by atoms with E-state index in [0.29, 0.717) is 17.1 Å². The van der Waals surface area contributed by atoms with Gasteiger partial charge in [0, 0.05) is 43.9 Å². The molecule has 1 unspecified atom stereocenters. The molecule has 8 nitrogen and oxygen atoms in total. The lowest BCUT2D eigenvalue weighted by Gasteiger charge is -2.41. The summed E-state index contributed by atoms with van der Waals surface area (Å²) >= 11 is 0. The van der Waals surface area contributed by atoms with Crippen LogP contribution in [0, 0.1) is 23.5 Å². The standard InChI is InChI=1S/C29H29F2N5O3S.C2H6/c1-17-19-7-10-29(17,27-20(19)16-23(34-35(27)2)26-21(30)5-4-6-22(26)31)24-8-11-32-28(33-24)18-9-12-36(25(37)15-18)13-14-40(3,38)39;1-2/h4-6,8-9,11-12,15-17,19,34H,7,10,13-14H2,1-3H3;1-2H3/t17?,19-,29+;/m1./s1. The van der Waals surface area contributed by atoms with E-state index in [2.05, 4.69) is 17.3 Å². The fourth-order valence-electron chi connectivity index (χ4n) is 6.70. The Hall–Kier alpha value is -3.86. The van der Waals surface area contributed by atoms with Crippen molar-refractivity contribution in [1.29, 1.82) is 0 Å². The maximum atomic E-state index is 14.6. The molecule has 2 aliphatic carbocycles. The number of allylic oxidation sites excluding steroid dienone is 3. The normalized spacial score (nSPS) is 22.7. The van der Waals surface area contributed by atoms with Crippen molar-refractivity contribution >= 4 is 15.5 Å². The Morgan fingerprint density at radius 2 is 1.86 bits per heavy atom. The van der Waals surface area contributed by atoms with Crippen LogP contribution in [-0.2, 0) is 21.8 Å². The first kappa shape index (κ1) is 29.6. The highest BCUT2D eigenvalue weighted by Gasteiger charge is 2.59. The van der Waals surface area contributed by atoms with Crippen LogP contribution in [0.5, 0.6) is 0 Å². The van der Waals surface area contributed by atoms with E-state index in [0.717, 1.165) is 36.1 Å². The molecule has 2 aromatic heterocycles. The van der Waals surface area contributed by atoms with Gasteiger partial charge in [-0.25, -0.2) is 27.2 Å². The SMILES string of the molecule is CC.CC1[C@H]2CC[C@]1(c1ccnc(-c3ccn(CCS(C)(=O)=O)c(=O)c3)n1)C1=C2C=C(c2c(F)cccc2F)NN1C. The first-order chi connectivity index (χ1) is 20.0. The van der Waals surface area contributed by atoms with Gasteiger partial charge >= 0.3 is 0 Å². The number of fused-ring (bicyclic) bond motifs is 4. The molecule has 0 radical (unpaired) electrons. The van der Waals surface area contributed by atoms with Crippen molar-refractivity contribution in [3.63, 3.8) is 0 Å². The quantitative estimate of drug-likeness (QED) is 0.442. The van der Waals surface area contributed by atoms with Gasteiger partial charge in [0.25, 0.3) is 5.56 Å². The number of hydrogen-bond donors (Lipinski definition) is 1. The lowest BCUT2D eigenvalue weighted by atomic mass is 9.74. The van der Waals surface area contributed by atoms with Crippen LogP contribution < -0.4 is 11.0 Å². The average Bonchev–Trinajstić information content (AvgIpc) is 3.41. The van der Waals surface area contributed by atoms with Gasteiger partial charge in [0.15, 0.2) is 5.82 Å². The van der Waals surface area contributed by atoms with E-state index in [1.807, 2.05) is 38.0 Å². The van der Waals surface area contributed by atoms with Gasteiger partial charge in [-0.1, -0.05) is 26.8 Å². The summed E-state index contributed by atoms with van der Waals surface area (Å²) in [5.41, 5.74) is 6.15. The van der Waals surface area contributed by atoms with Crippen LogP contribution in [0.25, 0.3) is 17.1 Å². The van der Waals surface area contributed by atoms with Crippen LogP contribution in [0.4, 0.5) is 8.78 Å². The van der Waals surface area contributed by atoms with Crippen molar-refractivity contribution in [3.8, 4) is 11.4 Å². The van der Waals surface area contributed by atoms with Gasteiger partial charge in [-0.15, -0.1) is 0 Å². The third-order valence-electron chi connectivity index (χ3n) is 8.55. The fraction of sp³-hybridized carbons (Fsp3) is 0.387. The predicted octanol–water partition coefficient (Wildman–Crippen LogP) is 4.70. The smallest absolute Gasteiger partial charge is 0.251 e. The van der Waals surface area contributed by atoms with Crippen LogP contribution in [0.15, 0.2) is 70.9 Å². The van der Waals surface area contributed by atoms with E-state index in [1.165, 1.54) is 28.8 Å². The molecule has 11 heteroatoms. The minimum atomic E-state index is -3.20. The summed E-state index contributed by atoms with van der Waals surface area (Å²) in [7, 11) is -1.35. The van der Waals surface area contributed by atoms with Crippen molar-refractivity contribution < 1.29 is 17.2 Å². The Kier molecular flexibility index (Phi) is 7.82. The molecule has 1 fully saturated rings. The molecule has 2 bridgehead atoms. The molecule has 1 N–H and O–H groups in total. The molecule has 1 aliphatic heterocycles. The number of likely N-dealkylation sites (N-methyl/N-ethyl adjacent to an activating group) is 1. The second-order valence-electron chi connectivity index (χ2n) is 10.9. The van der Waals surface area contributed by atoms with Crippen LogP contribution >= 0.6 is 0 Å². The lowest BCUT2D eigenvalue weighted by molar-refractivity contribution is 0.259. The highest BCUT2D eigenvalue weighted by Crippen LogP contribution is 2.63. The van der Waals surface area contributed by atoms with E-state index < -0.39 is 26.9 Å². The minimum absolute atomic E-state index is 0.0728. The van der Waals surface area contributed by atoms with Gasteiger partial charge in [-0.3, -0.25) is 15.2 Å². The molecular formula is C31H35F2N5O3S. The minimum Gasteiger partial charge on any atom is -0.314 e. The number of hydrogen-bond acceptors (Lipinski definition) is 7. The number of aromatic nitrogens is 3. The maximum Gasteiger partial charge on any atom is 0.251 e. The largest absolute Gasteiger partial charge is 0.314 e. The molecular weight excluding hydrogens is 560 g/mol. The first-order valence-electron chi connectivity index (χ1n) is 14.1. The Labute approximate surface area is 244 Å². The zero-order chi connectivity index (χ0) is 30.4. The molecule has 3 heterocycles. The van der Waals surface area contributed by atoms with Gasteiger partial charge in [0.1, 0.15) is 21.5 Å². The van der Waals surface area contributed by atoms with Crippen molar-refractivity contribution in [2.75, 3.05) is 19.1 Å². The Morgan fingerprint density at radius 1 is 1.14 bits per heavy atom. The van der Waals surface area contributed by atoms with E-state index in [1.54, 1.807) is 18.5 Å². The molecule has 1 aromatic carbocycles. The van der Waals surface area contributed by atoms with E-state index in [-0.39, 0.29) is 35.3 Å². The predicted molar refractivity (Wildman–Crippen MR) is 159 cm³/mol. The van der Waals surface area contributed by atoms with Gasteiger partial charge in [0.05, 0.1) is 33.8 Å². The zero-order valence-electron chi connectivity index (χ0n) is 24.4. The van der Waals surface area contributed by atoms with Crippen LogP contribution in [-0.4, -0.2) is 47.0 Å². The van der Waals surface area contributed by atoms with E-state index in [4.69, 9.17) is 4.98 Å². The summed E-state index contributed by atoms with van der Waals surface area (Å²) in [5, 5.41) is 1.86. The summed E-state index contributed by atoms with van der Waals surface area (Å²) in [4.78, 5) is 22.1. The molecule has 3 aromatic rings. The van der Waals surface area contributed by atoms with E-state index in [9.17, 15) is 22.0 Å². The van der Waals surface area contributed by atoms with Crippen LogP contribution in [0.1, 0.15) is 44.9 Å². The summed E-state index contributed by atoms with van der Waals surface area (Å²) in [6.45, 7) is 6.26. The molecule has 42 heavy (non-hydrogen) atoms. The highest BCUT2D eigenvalue weighted by molar-refractivity contribution is 7.90. The number of aryl methyl sites for hydroxylation is 1. The molecule has 3 aliphatic rings. The van der Waals surface area contributed by atoms with Crippen LogP contribution in [0.3, 0.4) is 0 Å². The molecule has 0 spiro atoms.